The Morgan fingerprint density at radius 3 is 2.20 bits per heavy atom. The summed E-state index contributed by atoms with van der Waals surface area (Å²) in [7, 11) is 4.01. The van der Waals surface area contributed by atoms with E-state index in [1.807, 2.05) is 103 Å². The summed E-state index contributed by atoms with van der Waals surface area (Å²) in [4.78, 5) is 22.6. The normalized spacial score (nSPS) is 15.1. The topological polar surface area (TPSA) is 92.2 Å². The lowest BCUT2D eigenvalue weighted by molar-refractivity contribution is -0.117. The van der Waals surface area contributed by atoms with Crippen LogP contribution >= 0.6 is 0 Å². The van der Waals surface area contributed by atoms with Crippen LogP contribution in [0, 0.1) is 31.6 Å². The van der Waals surface area contributed by atoms with Crippen molar-refractivity contribution >= 4 is 34.4 Å². The maximum absolute atomic E-state index is 11.4. The van der Waals surface area contributed by atoms with Crippen molar-refractivity contribution < 1.29 is 14.3 Å². The quantitative estimate of drug-likeness (QED) is 0.100. The molecule has 3 aromatic rings. The number of aryl methyl sites for hydroxylation is 2. The number of hydrazone groups is 1. The molecule has 1 aliphatic rings. The minimum atomic E-state index is 0.158. The first-order valence-electron chi connectivity index (χ1n) is 22.8. The zero-order valence-corrected chi connectivity index (χ0v) is 41.1. The van der Waals surface area contributed by atoms with Gasteiger partial charge in [-0.25, -0.2) is 15.0 Å². The van der Waals surface area contributed by atoms with Gasteiger partial charge in [0.05, 0.1) is 23.2 Å². The highest BCUT2D eigenvalue weighted by Gasteiger charge is 2.17. The summed E-state index contributed by atoms with van der Waals surface area (Å²) in [6.07, 6.45) is 19.8. The molecule has 0 aliphatic carbocycles. The molecule has 1 aliphatic heterocycles. The van der Waals surface area contributed by atoms with E-state index in [0.29, 0.717) is 24.5 Å². The number of benzene rings is 2. The van der Waals surface area contributed by atoms with Gasteiger partial charge in [-0.2, -0.15) is 5.10 Å². The van der Waals surface area contributed by atoms with Gasteiger partial charge in [0, 0.05) is 36.1 Å². The highest BCUT2D eigenvalue weighted by molar-refractivity contribution is 5.96. The molecule has 0 radical (unpaired) electrons. The van der Waals surface area contributed by atoms with E-state index >= 15 is 0 Å². The number of carbonyl (C=O) groups is 1. The first-order chi connectivity index (χ1) is 29.1. The van der Waals surface area contributed by atoms with Crippen LogP contribution in [0.5, 0.6) is 11.5 Å². The van der Waals surface area contributed by atoms with Gasteiger partial charge in [-0.3, -0.25) is 4.79 Å². The molecule has 1 aromatic heterocycles. The molecule has 0 fully saturated rings. The number of unbranched alkanes of at least 4 members (excludes halogenated alkanes) is 1. The molecule has 9 heteroatoms. The Morgan fingerprint density at radius 1 is 0.934 bits per heavy atom. The van der Waals surface area contributed by atoms with Crippen LogP contribution in [-0.2, 0) is 4.79 Å². The number of rotatable bonds is 18. The molecule has 0 bridgehead atoms. The van der Waals surface area contributed by atoms with Crippen LogP contribution < -0.4 is 14.8 Å². The molecular weight excluding hydrogens is 757 g/mol. The molecule has 1 N–H and O–H groups in total. The third-order valence-electron chi connectivity index (χ3n) is 10.7. The van der Waals surface area contributed by atoms with E-state index in [-0.39, 0.29) is 11.7 Å². The Morgan fingerprint density at radius 2 is 1.62 bits per heavy atom. The molecule has 2 aromatic carbocycles. The Kier molecular flexibility index (Phi) is 26.2. The Balaban J connectivity index is 0.000000820. The summed E-state index contributed by atoms with van der Waals surface area (Å²) in [6, 6.07) is 10.5. The van der Waals surface area contributed by atoms with E-state index in [9.17, 15) is 4.79 Å². The highest BCUT2D eigenvalue weighted by atomic mass is 16.5. The molecule has 4 rings (SSSR count). The average Bonchev–Trinajstić information content (AvgIpc) is 3.26. The van der Waals surface area contributed by atoms with E-state index in [2.05, 4.69) is 99.7 Å². The van der Waals surface area contributed by atoms with Crippen molar-refractivity contribution in [3.05, 3.63) is 95.3 Å². The number of ketones is 1. The van der Waals surface area contributed by atoms with Gasteiger partial charge in [-0.1, -0.05) is 101 Å². The molecule has 0 spiro atoms. The molecule has 9 nitrogen and oxygen atoms in total. The molecule has 2 heterocycles. The molecule has 61 heavy (non-hydrogen) atoms. The van der Waals surface area contributed by atoms with Crippen molar-refractivity contribution in [1.29, 1.82) is 0 Å². The van der Waals surface area contributed by atoms with E-state index in [1.54, 1.807) is 18.6 Å². The summed E-state index contributed by atoms with van der Waals surface area (Å²) in [5.74, 6) is 4.66. The number of aromatic nitrogens is 2. The van der Waals surface area contributed by atoms with Crippen LogP contribution in [0.1, 0.15) is 140 Å². The molecular formula is C52H82N6O3. The van der Waals surface area contributed by atoms with E-state index in [1.165, 1.54) is 24.8 Å². The number of ether oxygens (including phenoxy) is 2. The largest absolute Gasteiger partial charge is 0.492 e. The summed E-state index contributed by atoms with van der Waals surface area (Å²) < 4.78 is 12.8. The number of likely N-dealkylation sites (N-methyl/N-ethyl adjacent to an activating group) is 1. The van der Waals surface area contributed by atoms with Crippen LogP contribution in [0.3, 0.4) is 0 Å². The minimum absolute atomic E-state index is 0.158. The fourth-order valence-electron chi connectivity index (χ4n) is 5.79. The number of nitrogens with zero attached hydrogens (tertiary/aromatic N) is 5. The number of anilines is 2. The number of carbonyl (C=O) groups excluding carboxylic acids is 1. The van der Waals surface area contributed by atoms with Gasteiger partial charge in [0.15, 0.2) is 5.78 Å². The molecule has 4 unspecified atom stereocenters. The summed E-state index contributed by atoms with van der Waals surface area (Å²) in [6.45, 7) is 32.2. The number of hydrogen-bond donors (Lipinski definition) is 1. The van der Waals surface area contributed by atoms with Crippen LogP contribution in [0.4, 0.5) is 11.5 Å². The Bertz CT molecular complexity index is 1910. The lowest BCUT2D eigenvalue weighted by Crippen LogP contribution is -2.22. The predicted molar refractivity (Wildman–Crippen MR) is 263 cm³/mol. The molecule has 0 saturated carbocycles. The number of fused-ring (bicyclic) bond motifs is 1. The second-order valence-corrected chi connectivity index (χ2v) is 16.1. The predicted octanol–water partition coefficient (Wildman–Crippen LogP) is 14.2. The fraction of sp³-hybridized carbons (Fsp3) is 0.538. The van der Waals surface area contributed by atoms with Crippen molar-refractivity contribution in [2.75, 3.05) is 26.0 Å². The second-order valence-electron chi connectivity index (χ2n) is 16.1. The standard InChI is InChI=1S/C35H45N5O2.C11H21NO.C4H10.C2H6/c1-9-23(4)18-24(5)21-41-34-26(7)12-14-30-33(34)35(37-22-36-30)39-28-13-15-32(27(8)19-28)42-29-16-17-40(38-11-3)31(20-29)25(6)10-2;1-6-9(2)11(13)8-7-10(3)12(4)5;1-3-4-2;1-2/h11-17,19-20,22-24H,9-10,18,21H2,1-8H3,(H,36,37,39);7-10H,6H2,1-5H3;3-4H2,1-2H3;1-2H3/b31-25?,38-11-;8-7+;;. The summed E-state index contributed by atoms with van der Waals surface area (Å²) in [5, 5.41) is 10.7. The van der Waals surface area contributed by atoms with E-state index in [4.69, 9.17) is 9.47 Å². The molecule has 338 valence electrons. The van der Waals surface area contributed by atoms with Gasteiger partial charge in [0.1, 0.15) is 29.4 Å². The first kappa shape index (κ1) is 54.3. The van der Waals surface area contributed by atoms with Gasteiger partial charge in [0.25, 0.3) is 0 Å². The maximum atomic E-state index is 11.4. The van der Waals surface area contributed by atoms with Gasteiger partial charge in [-0.15, -0.1) is 0 Å². The minimum Gasteiger partial charge on any atom is -0.492 e. The second kappa shape index (κ2) is 29.5. The lowest BCUT2D eigenvalue weighted by Gasteiger charge is -2.23. The Labute approximate surface area is 371 Å². The van der Waals surface area contributed by atoms with Crippen molar-refractivity contribution in [2.24, 2.45) is 22.9 Å². The van der Waals surface area contributed by atoms with Crippen molar-refractivity contribution in [1.82, 2.24) is 19.9 Å². The van der Waals surface area contributed by atoms with Crippen molar-refractivity contribution in [2.45, 2.75) is 148 Å². The average molecular weight is 839 g/mol. The summed E-state index contributed by atoms with van der Waals surface area (Å²) >= 11 is 0. The SMILES string of the molecule is C/C=N\N1C=CC(Oc2ccc(Nc3ncnc4ccc(C)c(OCC(C)CC(C)CC)c34)cc2C)=CC1=C(C)CC.CC.CCC(C)C(=O)/C=C/C(C)N(C)C.CCCC. The number of nitrogens with one attached hydrogen (secondary N) is 1. The maximum Gasteiger partial charge on any atom is 0.158 e. The zero-order chi connectivity index (χ0) is 46.1. The van der Waals surface area contributed by atoms with Crippen LogP contribution in [0.2, 0.25) is 0 Å². The van der Waals surface area contributed by atoms with Gasteiger partial charge >= 0.3 is 0 Å². The van der Waals surface area contributed by atoms with Crippen molar-refractivity contribution in [3.63, 3.8) is 0 Å². The highest BCUT2D eigenvalue weighted by Crippen LogP contribution is 2.36. The molecule has 4 atom stereocenters. The number of allylic oxidation sites excluding steroid dienone is 4. The smallest absolute Gasteiger partial charge is 0.158 e. The van der Waals surface area contributed by atoms with Gasteiger partial charge < -0.3 is 19.7 Å². The first-order valence-corrected chi connectivity index (χ1v) is 22.8. The summed E-state index contributed by atoms with van der Waals surface area (Å²) in [5.41, 5.74) is 6.11. The molecule has 0 amide bonds. The van der Waals surface area contributed by atoms with Gasteiger partial charge in [0.2, 0.25) is 0 Å². The molecule has 0 saturated heterocycles. The third-order valence-corrected chi connectivity index (χ3v) is 10.7. The van der Waals surface area contributed by atoms with Crippen molar-refractivity contribution in [3.8, 4) is 11.5 Å². The van der Waals surface area contributed by atoms with Crippen LogP contribution in [0.25, 0.3) is 10.9 Å². The zero-order valence-electron chi connectivity index (χ0n) is 41.1. The van der Waals surface area contributed by atoms with Gasteiger partial charge in [-0.05, 0) is 133 Å². The van der Waals surface area contributed by atoms with Crippen LogP contribution in [0.15, 0.2) is 89.3 Å². The lowest BCUT2D eigenvalue weighted by atomic mass is 9.96. The number of hydrogen-bond acceptors (Lipinski definition) is 9. The Hall–Kier alpha value is -4.76. The third kappa shape index (κ3) is 18.4. The fourth-order valence-corrected chi connectivity index (χ4v) is 5.79. The van der Waals surface area contributed by atoms with E-state index < -0.39 is 0 Å². The van der Waals surface area contributed by atoms with Crippen LogP contribution in [-0.4, -0.2) is 58.6 Å². The van der Waals surface area contributed by atoms with E-state index in [0.717, 1.165) is 75.8 Å². The monoisotopic (exact) mass is 839 g/mol.